The number of carbonyl (C=O) groups is 1. The van der Waals surface area contributed by atoms with Crippen molar-refractivity contribution in [1.82, 2.24) is 25.1 Å². The summed E-state index contributed by atoms with van der Waals surface area (Å²) in [4.78, 5) is 23.7. The van der Waals surface area contributed by atoms with Gasteiger partial charge in [0.2, 0.25) is 5.91 Å². The van der Waals surface area contributed by atoms with Crippen LogP contribution in [0, 0.1) is 5.92 Å². The zero-order valence-corrected chi connectivity index (χ0v) is 21.2. The van der Waals surface area contributed by atoms with Gasteiger partial charge in [0.05, 0.1) is 12.9 Å². The minimum Gasteiger partial charge on any atom is -0.357 e. The van der Waals surface area contributed by atoms with E-state index in [1.807, 2.05) is 12.5 Å². The van der Waals surface area contributed by atoms with Crippen molar-refractivity contribution in [3.8, 4) is 0 Å². The smallest absolute Gasteiger partial charge is 0.225 e. The van der Waals surface area contributed by atoms with Gasteiger partial charge in [-0.05, 0) is 37.3 Å². The molecule has 7 nitrogen and oxygen atoms in total. The van der Waals surface area contributed by atoms with E-state index in [2.05, 4.69) is 56.3 Å². The van der Waals surface area contributed by atoms with E-state index in [0.29, 0.717) is 12.5 Å². The van der Waals surface area contributed by atoms with Gasteiger partial charge in [-0.25, -0.2) is 9.98 Å². The highest BCUT2D eigenvalue weighted by Gasteiger charge is 2.32. The summed E-state index contributed by atoms with van der Waals surface area (Å²) in [6.07, 6.45) is 11.1. The minimum atomic E-state index is 0. The number of rotatable bonds is 7. The molecule has 2 N–H and O–H groups in total. The number of likely N-dealkylation sites (tertiary alicyclic amines) is 1. The van der Waals surface area contributed by atoms with Crippen molar-refractivity contribution in [3.05, 3.63) is 54.1 Å². The molecule has 0 radical (unpaired) electrons. The number of imidazole rings is 1. The van der Waals surface area contributed by atoms with Crippen molar-refractivity contribution < 1.29 is 4.79 Å². The zero-order chi connectivity index (χ0) is 21.5. The van der Waals surface area contributed by atoms with Gasteiger partial charge in [-0.3, -0.25) is 4.79 Å². The third-order valence-electron chi connectivity index (χ3n) is 6.22. The Balaban J connectivity index is 0.00000289. The van der Waals surface area contributed by atoms with E-state index in [1.165, 1.54) is 24.0 Å². The fraction of sp³-hybridized carbons (Fsp3) is 0.542. The van der Waals surface area contributed by atoms with Crippen LogP contribution in [-0.2, 0) is 17.9 Å². The van der Waals surface area contributed by atoms with E-state index in [0.717, 1.165) is 51.4 Å². The zero-order valence-electron chi connectivity index (χ0n) is 18.9. The van der Waals surface area contributed by atoms with Crippen molar-refractivity contribution in [2.75, 3.05) is 19.6 Å². The van der Waals surface area contributed by atoms with Gasteiger partial charge < -0.3 is 20.1 Å². The third-order valence-corrected chi connectivity index (χ3v) is 6.22. The number of nitrogens with one attached hydrogen (secondary N) is 2. The molecule has 4 rings (SSSR count). The Morgan fingerprint density at radius 3 is 2.78 bits per heavy atom. The number of halogens is 1. The predicted molar refractivity (Wildman–Crippen MR) is 138 cm³/mol. The molecule has 2 aliphatic rings. The van der Waals surface area contributed by atoms with Gasteiger partial charge in [-0.2, -0.15) is 0 Å². The lowest BCUT2D eigenvalue weighted by Crippen LogP contribution is -2.45. The van der Waals surface area contributed by atoms with Crippen molar-refractivity contribution in [2.45, 2.75) is 58.2 Å². The second-order valence-electron chi connectivity index (χ2n) is 8.65. The Morgan fingerprint density at radius 1 is 1.22 bits per heavy atom. The van der Waals surface area contributed by atoms with Gasteiger partial charge in [-0.1, -0.05) is 37.1 Å². The van der Waals surface area contributed by atoms with Crippen LogP contribution >= 0.6 is 24.0 Å². The highest BCUT2D eigenvalue weighted by Crippen LogP contribution is 2.27. The van der Waals surface area contributed by atoms with Gasteiger partial charge in [-0.15, -0.1) is 24.0 Å². The lowest BCUT2D eigenvalue weighted by atomic mass is 10.1. The van der Waals surface area contributed by atoms with Crippen LogP contribution in [-0.4, -0.2) is 52.0 Å². The van der Waals surface area contributed by atoms with Crippen molar-refractivity contribution >= 4 is 35.8 Å². The predicted octanol–water partition coefficient (Wildman–Crippen LogP) is 3.40. The molecule has 1 aliphatic carbocycles. The quantitative estimate of drug-likeness (QED) is 0.315. The molecule has 0 bridgehead atoms. The molecule has 8 heteroatoms. The molecule has 2 heterocycles. The Labute approximate surface area is 208 Å². The van der Waals surface area contributed by atoms with E-state index < -0.39 is 0 Å². The number of carbonyl (C=O) groups excluding carboxylic acids is 1. The van der Waals surface area contributed by atoms with Crippen molar-refractivity contribution in [2.24, 2.45) is 10.9 Å². The topological polar surface area (TPSA) is 74.6 Å². The SMILES string of the molecule is CCNC(=NCc1cccc(Cn2ccnc2)c1)NC1CCN(C(=O)C2CCCC2)C1.I. The molecule has 1 aromatic carbocycles. The second-order valence-corrected chi connectivity index (χ2v) is 8.65. The van der Waals surface area contributed by atoms with Crippen molar-refractivity contribution in [1.29, 1.82) is 0 Å². The standard InChI is InChI=1S/C24H34N6O.HI/c1-2-26-24(28-22-10-12-30(17-22)23(31)21-8-3-4-9-21)27-15-19-6-5-7-20(14-19)16-29-13-11-25-18-29;/h5-7,11,13-14,18,21-22H,2-4,8-10,12,15-17H2,1H3,(H2,26,27,28);1H. The van der Waals surface area contributed by atoms with Gasteiger partial charge in [0, 0.05) is 50.5 Å². The maximum Gasteiger partial charge on any atom is 0.225 e. The molecule has 1 unspecified atom stereocenters. The van der Waals surface area contributed by atoms with Crippen LogP contribution in [0.15, 0.2) is 48.0 Å². The average Bonchev–Trinajstić information content (AvgIpc) is 3.55. The van der Waals surface area contributed by atoms with E-state index in [-0.39, 0.29) is 35.9 Å². The largest absolute Gasteiger partial charge is 0.357 e. The first-order chi connectivity index (χ1) is 15.2. The lowest BCUT2D eigenvalue weighted by molar-refractivity contribution is -0.134. The van der Waals surface area contributed by atoms with Crippen LogP contribution in [0.25, 0.3) is 0 Å². The van der Waals surface area contributed by atoms with Gasteiger partial charge in [0.15, 0.2) is 5.96 Å². The summed E-state index contributed by atoms with van der Waals surface area (Å²) in [5.41, 5.74) is 2.42. The number of benzene rings is 1. The second kappa shape index (κ2) is 12.2. The fourth-order valence-corrected chi connectivity index (χ4v) is 4.61. The highest BCUT2D eigenvalue weighted by atomic mass is 127. The molecule has 1 atom stereocenters. The van der Waals surface area contributed by atoms with Crippen LogP contribution < -0.4 is 10.6 Å². The molecule has 1 amide bonds. The summed E-state index contributed by atoms with van der Waals surface area (Å²) in [7, 11) is 0. The first-order valence-corrected chi connectivity index (χ1v) is 11.6. The molecule has 1 saturated heterocycles. The van der Waals surface area contributed by atoms with Gasteiger partial charge >= 0.3 is 0 Å². The molecule has 2 aromatic rings. The van der Waals surface area contributed by atoms with E-state index in [9.17, 15) is 4.79 Å². The summed E-state index contributed by atoms with van der Waals surface area (Å²) in [5, 5.41) is 6.90. The van der Waals surface area contributed by atoms with Crippen LogP contribution in [0.2, 0.25) is 0 Å². The van der Waals surface area contributed by atoms with E-state index >= 15 is 0 Å². The fourth-order valence-electron chi connectivity index (χ4n) is 4.61. The number of amides is 1. The Bertz CT molecular complexity index is 878. The summed E-state index contributed by atoms with van der Waals surface area (Å²) in [6.45, 7) is 5.94. The number of nitrogens with zero attached hydrogens (tertiary/aromatic N) is 4. The summed E-state index contributed by atoms with van der Waals surface area (Å²) in [5.74, 6) is 1.44. The minimum absolute atomic E-state index is 0. The summed E-state index contributed by atoms with van der Waals surface area (Å²) >= 11 is 0. The van der Waals surface area contributed by atoms with Crippen LogP contribution in [0.1, 0.15) is 50.2 Å². The summed E-state index contributed by atoms with van der Waals surface area (Å²) < 4.78 is 2.06. The normalized spacial score (nSPS) is 19.1. The maximum absolute atomic E-state index is 12.7. The number of aromatic nitrogens is 2. The molecule has 2 fully saturated rings. The molecular weight excluding hydrogens is 515 g/mol. The van der Waals surface area contributed by atoms with E-state index in [1.54, 1.807) is 6.20 Å². The number of hydrogen-bond acceptors (Lipinski definition) is 3. The molecule has 1 saturated carbocycles. The first kappa shape index (κ1) is 24.5. The van der Waals surface area contributed by atoms with Crippen molar-refractivity contribution in [3.63, 3.8) is 0 Å². The number of hydrogen-bond donors (Lipinski definition) is 2. The average molecular weight is 550 g/mol. The Kier molecular flexibility index (Phi) is 9.37. The molecular formula is C24H35IN6O. The number of aliphatic imine (C=N–C) groups is 1. The monoisotopic (exact) mass is 550 g/mol. The molecule has 1 aliphatic heterocycles. The molecule has 0 spiro atoms. The number of guanidine groups is 1. The van der Waals surface area contributed by atoms with Crippen LogP contribution in [0.5, 0.6) is 0 Å². The Morgan fingerprint density at radius 2 is 2.03 bits per heavy atom. The maximum atomic E-state index is 12.7. The lowest BCUT2D eigenvalue weighted by Gasteiger charge is -2.21. The summed E-state index contributed by atoms with van der Waals surface area (Å²) in [6, 6.07) is 8.79. The third kappa shape index (κ3) is 6.70. The van der Waals surface area contributed by atoms with E-state index in [4.69, 9.17) is 4.99 Å². The molecule has 32 heavy (non-hydrogen) atoms. The Hall–Kier alpha value is -2.10. The highest BCUT2D eigenvalue weighted by molar-refractivity contribution is 14.0. The van der Waals surface area contributed by atoms with Gasteiger partial charge in [0.25, 0.3) is 0 Å². The van der Waals surface area contributed by atoms with Crippen LogP contribution in [0.4, 0.5) is 0 Å². The first-order valence-electron chi connectivity index (χ1n) is 11.6. The molecule has 1 aromatic heterocycles. The van der Waals surface area contributed by atoms with Gasteiger partial charge in [0.1, 0.15) is 0 Å². The van der Waals surface area contributed by atoms with Crippen LogP contribution in [0.3, 0.4) is 0 Å². The molecule has 174 valence electrons.